The smallest absolute Gasteiger partial charge is 0.339 e. The third-order valence-electron chi connectivity index (χ3n) is 9.55. The van der Waals surface area contributed by atoms with E-state index in [0.717, 1.165) is 32.4 Å². The molecule has 0 aliphatic heterocycles. The summed E-state index contributed by atoms with van der Waals surface area (Å²) in [5.41, 5.74) is 0.308. The van der Waals surface area contributed by atoms with Crippen molar-refractivity contribution in [1.29, 1.82) is 0 Å². The van der Waals surface area contributed by atoms with E-state index in [0.29, 0.717) is 16.8 Å². The van der Waals surface area contributed by atoms with E-state index in [1.165, 1.54) is 60.9 Å². The zero-order valence-electron chi connectivity index (χ0n) is 34.9. The number of amides is 5. The molecule has 6 rings (SSSR count). The van der Waals surface area contributed by atoms with Gasteiger partial charge in [-0.25, -0.2) is 9.78 Å². The second-order valence-corrected chi connectivity index (χ2v) is 14.0. The standard InChI is InChI=1S/C44H39N9O13/c1-21(16-22-4-8-26(54)9-5-22)39(58)48-24-7-13-32(45-19-24)42(61)51-33(17-25-20-46-53-52-25)43(62)47-23-6-10-27(34(55)18-23)40(59)49-30-14-11-28(35(56)37(30)65-2)41(60)50-31-15-12-29(44(63)64)36(57)38(31)66-3/h4-16,18-20,33,54-57H,17H2,1-3H3,(H,47,62)(H,48,58)(H,49,59)(H,50,60)(H,51,61)(H,63,64)(H,46,52,53)/b21-16+. The van der Waals surface area contributed by atoms with Gasteiger partial charge < -0.3 is 61.6 Å². The van der Waals surface area contributed by atoms with E-state index >= 15 is 0 Å². The monoisotopic (exact) mass is 901 g/mol. The van der Waals surface area contributed by atoms with Crippen molar-refractivity contribution >= 4 is 64.3 Å². The average molecular weight is 902 g/mol. The zero-order valence-corrected chi connectivity index (χ0v) is 34.9. The van der Waals surface area contributed by atoms with Gasteiger partial charge in [-0.05, 0) is 79.2 Å². The van der Waals surface area contributed by atoms with Crippen LogP contribution in [0.15, 0.2) is 96.8 Å². The summed E-state index contributed by atoms with van der Waals surface area (Å²) in [6.45, 7) is 1.60. The highest BCUT2D eigenvalue weighted by atomic mass is 16.5. The number of phenols is 4. The second kappa shape index (κ2) is 20.1. The number of methoxy groups -OCH3 is 2. The number of carbonyl (C=O) groups excluding carboxylic acids is 5. The predicted octanol–water partition coefficient (Wildman–Crippen LogP) is 4.26. The highest BCUT2D eigenvalue weighted by Gasteiger charge is 2.26. The zero-order chi connectivity index (χ0) is 47.7. The number of hydrogen-bond donors (Lipinski definition) is 11. The SMILES string of the molecule is COc1c(NC(=O)c2ccc(NC(=O)c3ccc(NC(=O)C(Cc4cnn[nH]4)NC(=O)c4ccc(NC(=O)/C(C)=C/c5ccc(O)cc5)cn4)cc3O)c(OC)c2O)ccc(C(=O)O)c1O. The molecule has 66 heavy (non-hydrogen) atoms. The van der Waals surface area contributed by atoms with Crippen LogP contribution in [0.5, 0.6) is 34.5 Å². The van der Waals surface area contributed by atoms with Gasteiger partial charge in [-0.15, -0.1) is 5.10 Å². The van der Waals surface area contributed by atoms with E-state index < -0.39 is 64.4 Å². The molecule has 22 nitrogen and oxygen atoms in total. The quantitative estimate of drug-likeness (QED) is 0.0604. The number of aromatic amines is 1. The summed E-state index contributed by atoms with van der Waals surface area (Å²) in [6.07, 6.45) is 4.14. The Labute approximate surface area is 372 Å². The summed E-state index contributed by atoms with van der Waals surface area (Å²) in [6, 6.07) is 16.0. The fraction of sp³-hybridized carbons (Fsp3) is 0.114. The molecule has 22 heteroatoms. The molecule has 1 unspecified atom stereocenters. The lowest BCUT2D eigenvalue weighted by molar-refractivity contribution is -0.118. The van der Waals surface area contributed by atoms with Crippen LogP contribution in [0, 0.1) is 0 Å². The first kappa shape index (κ1) is 46.0. The number of carbonyl (C=O) groups is 6. The van der Waals surface area contributed by atoms with E-state index in [2.05, 4.69) is 47.0 Å². The number of aromatic hydroxyl groups is 4. The van der Waals surface area contributed by atoms with Gasteiger partial charge >= 0.3 is 5.97 Å². The van der Waals surface area contributed by atoms with Gasteiger partial charge in [0.25, 0.3) is 23.6 Å². The first-order valence-electron chi connectivity index (χ1n) is 19.3. The van der Waals surface area contributed by atoms with Gasteiger partial charge in [0.2, 0.25) is 5.91 Å². The number of ether oxygens (including phenoxy) is 2. The van der Waals surface area contributed by atoms with Gasteiger partial charge in [0.1, 0.15) is 28.8 Å². The van der Waals surface area contributed by atoms with E-state index in [-0.39, 0.29) is 63.2 Å². The first-order valence-corrected chi connectivity index (χ1v) is 19.3. The molecule has 0 fully saturated rings. The van der Waals surface area contributed by atoms with E-state index in [4.69, 9.17) is 9.47 Å². The van der Waals surface area contributed by atoms with Gasteiger partial charge in [-0.2, -0.15) is 0 Å². The van der Waals surface area contributed by atoms with Crippen LogP contribution in [-0.4, -0.2) is 102 Å². The molecular formula is C44H39N9O13. The maximum Gasteiger partial charge on any atom is 0.339 e. The van der Waals surface area contributed by atoms with Gasteiger partial charge in [-0.3, -0.25) is 29.1 Å². The van der Waals surface area contributed by atoms with E-state index in [1.54, 1.807) is 25.1 Å². The molecule has 0 aliphatic rings. The van der Waals surface area contributed by atoms with Crippen LogP contribution < -0.4 is 36.1 Å². The van der Waals surface area contributed by atoms with E-state index in [1.807, 2.05) is 0 Å². The largest absolute Gasteiger partial charge is 0.508 e. The number of carboxylic acid groups (broad SMARTS) is 1. The second-order valence-electron chi connectivity index (χ2n) is 14.0. The van der Waals surface area contributed by atoms with Crippen LogP contribution in [0.3, 0.4) is 0 Å². The third-order valence-corrected chi connectivity index (χ3v) is 9.55. The maximum atomic E-state index is 13.6. The normalized spacial score (nSPS) is 11.4. The minimum absolute atomic E-state index is 0.0251. The van der Waals surface area contributed by atoms with Crippen LogP contribution in [0.1, 0.15) is 59.7 Å². The third kappa shape index (κ3) is 10.8. The number of aromatic carboxylic acids is 1. The Bertz CT molecular complexity index is 2870. The van der Waals surface area contributed by atoms with Gasteiger partial charge in [-0.1, -0.05) is 17.3 Å². The number of phenolic OH excluding ortho intramolecular Hbond substituents is 3. The molecule has 338 valence electrons. The lowest BCUT2D eigenvalue weighted by atomic mass is 10.1. The lowest BCUT2D eigenvalue weighted by Crippen LogP contribution is -2.45. The van der Waals surface area contributed by atoms with Crippen molar-refractivity contribution in [1.82, 2.24) is 25.7 Å². The minimum Gasteiger partial charge on any atom is -0.508 e. The predicted molar refractivity (Wildman–Crippen MR) is 235 cm³/mol. The Hall–Kier alpha value is -9.47. The Balaban J connectivity index is 1.10. The Morgan fingerprint density at radius 2 is 1.30 bits per heavy atom. The molecule has 0 aliphatic carbocycles. The summed E-state index contributed by atoms with van der Waals surface area (Å²) >= 11 is 0. The van der Waals surface area contributed by atoms with Crippen LogP contribution >= 0.6 is 0 Å². The number of H-pyrrole nitrogens is 1. The fourth-order valence-electron chi connectivity index (χ4n) is 6.22. The molecule has 4 aromatic carbocycles. The molecule has 2 heterocycles. The number of aromatic nitrogens is 4. The minimum atomic E-state index is -1.44. The number of nitrogens with one attached hydrogen (secondary N) is 6. The topological polar surface area (TPSA) is 337 Å². The Morgan fingerprint density at radius 3 is 1.88 bits per heavy atom. The molecule has 0 saturated heterocycles. The first-order chi connectivity index (χ1) is 31.6. The number of hydrogen-bond acceptors (Lipinski definition) is 15. The molecule has 0 spiro atoms. The van der Waals surface area contributed by atoms with Crippen LogP contribution in [-0.2, 0) is 16.0 Å². The number of rotatable bonds is 16. The Kier molecular flexibility index (Phi) is 14.1. The van der Waals surface area contributed by atoms with Gasteiger partial charge in [0, 0.05) is 23.7 Å². The fourth-order valence-corrected chi connectivity index (χ4v) is 6.22. The molecule has 2 aromatic heterocycles. The van der Waals surface area contributed by atoms with Crippen molar-refractivity contribution in [3.8, 4) is 34.5 Å². The summed E-state index contributed by atoms with van der Waals surface area (Å²) in [5, 5.41) is 73.6. The number of pyridine rings is 1. The molecule has 0 bridgehead atoms. The van der Waals surface area contributed by atoms with Gasteiger partial charge in [0.15, 0.2) is 23.0 Å². The van der Waals surface area contributed by atoms with Crippen molar-refractivity contribution in [2.45, 2.75) is 19.4 Å². The summed E-state index contributed by atoms with van der Waals surface area (Å²) in [7, 11) is 2.30. The van der Waals surface area contributed by atoms with Crippen LogP contribution in [0.4, 0.5) is 22.7 Å². The van der Waals surface area contributed by atoms with Crippen molar-refractivity contribution in [2.24, 2.45) is 0 Å². The number of benzene rings is 4. The maximum absolute atomic E-state index is 13.6. The van der Waals surface area contributed by atoms with Crippen molar-refractivity contribution in [2.75, 3.05) is 35.5 Å². The number of nitrogens with zero attached hydrogens (tertiary/aromatic N) is 3. The van der Waals surface area contributed by atoms with Crippen molar-refractivity contribution < 1.29 is 63.8 Å². The van der Waals surface area contributed by atoms with Crippen LogP contribution in [0.2, 0.25) is 0 Å². The van der Waals surface area contributed by atoms with Crippen molar-refractivity contribution in [3.05, 3.63) is 130 Å². The van der Waals surface area contributed by atoms with E-state index in [9.17, 15) is 54.3 Å². The Morgan fingerprint density at radius 1 is 0.697 bits per heavy atom. The molecule has 1 atom stereocenters. The number of anilines is 4. The molecule has 11 N–H and O–H groups in total. The molecule has 0 saturated carbocycles. The van der Waals surface area contributed by atoms with Crippen molar-refractivity contribution in [3.63, 3.8) is 0 Å². The average Bonchev–Trinajstić information content (AvgIpc) is 3.80. The van der Waals surface area contributed by atoms with Crippen LogP contribution in [0.25, 0.3) is 6.08 Å². The van der Waals surface area contributed by atoms with Gasteiger partial charge in [0.05, 0.1) is 60.5 Å². The highest BCUT2D eigenvalue weighted by molar-refractivity contribution is 6.11. The molecule has 0 radical (unpaired) electrons. The molecular weight excluding hydrogens is 863 g/mol. The molecule has 6 aromatic rings. The lowest BCUT2D eigenvalue weighted by Gasteiger charge is -2.18. The molecule has 5 amide bonds. The summed E-state index contributed by atoms with van der Waals surface area (Å²) in [4.78, 5) is 81.7. The summed E-state index contributed by atoms with van der Waals surface area (Å²) in [5.74, 6) is -7.84. The summed E-state index contributed by atoms with van der Waals surface area (Å²) < 4.78 is 10.3. The number of carboxylic acids is 1. The highest BCUT2D eigenvalue weighted by Crippen LogP contribution is 2.41.